The van der Waals surface area contributed by atoms with Crippen molar-refractivity contribution in [3.63, 3.8) is 0 Å². The van der Waals surface area contributed by atoms with E-state index in [0.29, 0.717) is 19.4 Å². The van der Waals surface area contributed by atoms with Crippen molar-refractivity contribution in [3.8, 4) is 0 Å². The minimum Gasteiger partial charge on any atom is -0.354 e. The molecule has 0 radical (unpaired) electrons. The average Bonchev–Trinajstić information content (AvgIpc) is 2.68. The van der Waals surface area contributed by atoms with Crippen LogP contribution in [0.2, 0.25) is 0 Å². The molecule has 3 rings (SSSR count). The first-order chi connectivity index (χ1) is 13.3. The van der Waals surface area contributed by atoms with E-state index in [-0.39, 0.29) is 36.4 Å². The van der Waals surface area contributed by atoms with E-state index in [2.05, 4.69) is 10.1 Å². The zero-order valence-electron chi connectivity index (χ0n) is 15.3. The molecule has 1 fully saturated rings. The van der Waals surface area contributed by atoms with E-state index < -0.39 is 11.7 Å². The molecule has 1 aliphatic heterocycles. The maximum Gasteiger partial charge on any atom is 0.419 e. The molecule has 1 saturated heterocycles. The van der Waals surface area contributed by atoms with Gasteiger partial charge in [0.15, 0.2) is 0 Å². The van der Waals surface area contributed by atoms with Gasteiger partial charge in [-0.3, -0.25) is 9.59 Å². The molecule has 0 aromatic carbocycles. The van der Waals surface area contributed by atoms with Crippen molar-refractivity contribution in [2.24, 2.45) is 0 Å². The SMILES string of the molecule is CN(c1ncccc1C(F)(F)F)C1CCCN(C(=O)Cn2ncccc2=O)C1. The highest BCUT2D eigenvalue weighted by atomic mass is 19.4. The number of rotatable bonds is 4. The molecular formula is C18H20F3N5O2. The number of piperidine rings is 1. The third-order valence-corrected chi connectivity index (χ3v) is 4.79. The molecule has 0 bridgehead atoms. The number of nitrogens with zero attached hydrogens (tertiary/aromatic N) is 5. The summed E-state index contributed by atoms with van der Waals surface area (Å²) < 4.78 is 40.9. The summed E-state index contributed by atoms with van der Waals surface area (Å²) in [4.78, 5) is 31.3. The summed E-state index contributed by atoms with van der Waals surface area (Å²) in [6.07, 6.45) is -0.493. The maximum atomic E-state index is 13.3. The largest absolute Gasteiger partial charge is 0.419 e. The maximum absolute atomic E-state index is 13.3. The summed E-state index contributed by atoms with van der Waals surface area (Å²) in [7, 11) is 1.56. The first-order valence-corrected chi connectivity index (χ1v) is 8.82. The minimum atomic E-state index is -4.51. The number of alkyl halides is 3. The summed E-state index contributed by atoms with van der Waals surface area (Å²) in [5, 5.41) is 3.86. The van der Waals surface area contributed by atoms with Gasteiger partial charge in [0.05, 0.1) is 5.56 Å². The predicted octanol–water partition coefficient (Wildman–Crippen LogP) is 1.78. The molecule has 0 N–H and O–H groups in total. The van der Waals surface area contributed by atoms with Crippen molar-refractivity contribution in [1.82, 2.24) is 19.7 Å². The second-order valence-electron chi connectivity index (χ2n) is 6.64. The molecule has 28 heavy (non-hydrogen) atoms. The van der Waals surface area contributed by atoms with Crippen LogP contribution in [0.25, 0.3) is 0 Å². The predicted molar refractivity (Wildman–Crippen MR) is 95.7 cm³/mol. The van der Waals surface area contributed by atoms with Crippen LogP contribution in [0.5, 0.6) is 0 Å². The number of likely N-dealkylation sites (tertiary alicyclic amines) is 1. The van der Waals surface area contributed by atoms with Gasteiger partial charge >= 0.3 is 6.18 Å². The smallest absolute Gasteiger partial charge is 0.354 e. The lowest BCUT2D eigenvalue weighted by atomic mass is 10.0. The van der Waals surface area contributed by atoms with E-state index >= 15 is 0 Å². The van der Waals surface area contributed by atoms with Gasteiger partial charge in [0.25, 0.3) is 5.56 Å². The van der Waals surface area contributed by atoms with Crippen LogP contribution in [-0.2, 0) is 17.5 Å². The van der Waals surface area contributed by atoms with Crippen LogP contribution in [-0.4, -0.2) is 51.8 Å². The highest BCUT2D eigenvalue weighted by Crippen LogP contribution is 2.36. The minimum absolute atomic E-state index is 0.157. The zero-order valence-corrected chi connectivity index (χ0v) is 15.3. The fraction of sp³-hybridized carbons (Fsp3) is 0.444. The van der Waals surface area contributed by atoms with E-state index in [1.807, 2.05) is 0 Å². The quantitative estimate of drug-likeness (QED) is 0.789. The number of likely N-dealkylation sites (N-methyl/N-ethyl adjacent to an activating group) is 1. The van der Waals surface area contributed by atoms with E-state index in [9.17, 15) is 22.8 Å². The van der Waals surface area contributed by atoms with E-state index in [4.69, 9.17) is 0 Å². The number of hydrogen-bond acceptors (Lipinski definition) is 5. The number of pyridine rings is 1. The molecule has 2 aromatic heterocycles. The third-order valence-electron chi connectivity index (χ3n) is 4.79. The van der Waals surface area contributed by atoms with Gasteiger partial charge in [-0.1, -0.05) is 0 Å². The van der Waals surface area contributed by atoms with Crippen LogP contribution in [0.4, 0.5) is 19.0 Å². The fourth-order valence-corrected chi connectivity index (χ4v) is 3.30. The highest BCUT2D eigenvalue weighted by molar-refractivity contribution is 5.76. The van der Waals surface area contributed by atoms with Crippen molar-refractivity contribution >= 4 is 11.7 Å². The molecule has 2 aromatic rings. The normalized spacial score (nSPS) is 17.4. The molecular weight excluding hydrogens is 375 g/mol. The molecule has 0 spiro atoms. The monoisotopic (exact) mass is 395 g/mol. The van der Waals surface area contributed by atoms with Crippen LogP contribution in [0, 0.1) is 0 Å². The molecule has 7 nitrogen and oxygen atoms in total. The van der Waals surface area contributed by atoms with E-state index in [1.165, 1.54) is 35.5 Å². The van der Waals surface area contributed by atoms with Crippen LogP contribution >= 0.6 is 0 Å². The summed E-state index contributed by atoms with van der Waals surface area (Å²) in [5.74, 6) is -0.453. The van der Waals surface area contributed by atoms with Crippen molar-refractivity contribution in [2.45, 2.75) is 31.6 Å². The Morgan fingerprint density at radius 3 is 2.75 bits per heavy atom. The Hall–Kier alpha value is -2.91. The van der Waals surface area contributed by atoms with E-state index in [1.54, 1.807) is 11.9 Å². The number of carbonyl (C=O) groups is 1. The zero-order chi connectivity index (χ0) is 20.3. The van der Waals surface area contributed by atoms with Crippen molar-refractivity contribution < 1.29 is 18.0 Å². The number of carbonyl (C=O) groups excluding carboxylic acids is 1. The topological polar surface area (TPSA) is 71.3 Å². The van der Waals surface area contributed by atoms with Crippen LogP contribution in [0.15, 0.2) is 41.5 Å². The number of amides is 1. The van der Waals surface area contributed by atoms with Gasteiger partial charge in [0.2, 0.25) is 5.91 Å². The first-order valence-electron chi connectivity index (χ1n) is 8.82. The molecule has 1 atom stereocenters. The number of anilines is 1. The lowest BCUT2D eigenvalue weighted by Gasteiger charge is -2.38. The van der Waals surface area contributed by atoms with Gasteiger partial charge in [-0.25, -0.2) is 9.67 Å². The first kappa shape index (κ1) is 19.8. The summed E-state index contributed by atoms with van der Waals surface area (Å²) in [6.45, 7) is 0.539. The number of hydrogen-bond donors (Lipinski definition) is 0. The molecule has 150 valence electrons. The second-order valence-corrected chi connectivity index (χ2v) is 6.64. The summed E-state index contributed by atoms with van der Waals surface area (Å²) in [5.41, 5.74) is -1.19. The lowest BCUT2D eigenvalue weighted by molar-refractivity contribution is -0.137. The van der Waals surface area contributed by atoms with Crippen LogP contribution in [0.1, 0.15) is 18.4 Å². The molecule has 1 aliphatic rings. The Bertz CT molecular complexity index is 899. The summed E-state index contributed by atoms with van der Waals surface area (Å²) in [6, 6.07) is 4.74. The van der Waals surface area contributed by atoms with Crippen LogP contribution < -0.4 is 10.5 Å². The lowest BCUT2D eigenvalue weighted by Crippen LogP contribution is -2.50. The Labute approximate surface area is 159 Å². The van der Waals surface area contributed by atoms with Crippen molar-refractivity contribution in [3.05, 3.63) is 52.6 Å². The molecule has 3 heterocycles. The van der Waals surface area contributed by atoms with E-state index in [0.717, 1.165) is 10.7 Å². The van der Waals surface area contributed by atoms with Gasteiger partial charge in [-0.15, -0.1) is 0 Å². The number of halogens is 3. The molecule has 0 aliphatic carbocycles. The van der Waals surface area contributed by atoms with Gasteiger partial charge < -0.3 is 9.80 Å². The van der Waals surface area contributed by atoms with Gasteiger partial charge in [0, 0.05) is 44.6 Å². The highest BCUT2D eigenvalue weighted by Gasteiger charge is 2.37. The Balaban J connectivity index is 1.74. The van der Waals surface area contributed by atoms with Gasteiger partial charge in [-0.2, -0.15) is 18.3 Å². The molecule has 1 amide bonds. The molecule has 0 saturated carbocycles. The third kappa shape index (κ3) is 4.32. The molecule has 1 unspecified atom stereocenters. The fourth-order valence-electron chi connectivity index (χ4n) is 3.30. The standard InChI is InChI=1S/C18H20F3N5O2/c1-24(17-14(18(19,20)21)6-2-8-22-17)13-5-4-10-25(11-13)16(28)12-26-15(27)7-3-9-23-26/h2-3,6-9,13H,4-5,10-12H2,1H3. The Morgan fingerprint density at radius 2 is 2.04 bits per heavy atom. The second kappa shape index (κ2) is 7.99. The molecule has 10 heteroatoms. The van der Waals surface area contributed by atoms with Crippen LogP contribution in [0.3, 0.4) is 0 Å². The van der Waals surface area contributed by atoms with Crippen molar-refractivity contribution in [1.29, 1.82) is 0 Å². The van der Waals surface area contributed by atoms with Gasteiger partial charge in [0.1, 0.15) is 12.4 Å². The Morgan fingerprint density at radius 1 is 1.29 bits per heavy atom. The number of aromatic nitrogens is 3. The summed E-state index contributed by atoms with van der Waals surface area (Å²) >= 11 is 0. The Kier molecular flexibility index (Phi) is 5.66. The average molecular weight is 395 g/mol. The van der Waals surface area contributed by atoms with Crippen molar-refractivity contribution in [2.75, 3.05) is 25.0 Å². The van der Waals surface area contributed by atoms with Gasteiger partial charge in [-0.05, 0) is 31.0 Å².